The third kappa shape index (κ3) is 4.04. The second-order valence-corrected chi connectivity index (χ2v) is 6.82. The molecule has 0 fully saturated rings. The number of benzene rings is 2. The van der Waals surface area contributed by atoms with Crippen LogP contribution in [0.25, 0.3) is 16.7 Å². The number of alkyl halides is 3. The van der Waals surface area contributed by atoms with Crippen LogP contribution in [-0.4, -0.2) is 25.2 Å². The Morgan fingerprint density at radius 2 is 1.81 bits per heavy atom. The Labute approximate surface area is 173 Å². The summed E-state index contributed by atoms with van der Waals surface area (Å²) in [6, 6.07) is 13.2. The largest absolute Gasteiger partial charge is 0.418 e. The molecule has 1 amide bonds. The van der Waals surface area contributed by atoms with Gasteiger partial charge >= 0.3 is 6.18 Å². The normalized spacial score (nSPS) is 11.6. The SMILES string of the molecule is Cc1cc(NC(=O)Cn2c(=O)cnc3ccccc32)n(-c2ccccc2C(F)(F)F)n1. The van der Waals surface area contributed by atoms with Crippen molar-refractivity contribution >= 4 is 22.8 Å². The van der Waals surface area contributed by atoms with E-state index in [0.29, 0.717) is 16.7 Å². The van der Waals surface area contributed by atoms with Gasteiger partial charge in [-0.25, -0.2) is 9.67 Å². The van der Waals surface area contributed by atoms with Gasteiger partial charge in [0.2, 0.25) is 5.91 Å². The van der Waals surface area contributed by atoms with Gasteiger partial charge in [-0.1, -0.05) is 24.3 Å². The average Bonchev–Trinajstić information content (AvgIpc) is 3.09. The second kappa shape index (κ2) is 7.71. The smallest absolute Gasteiger partial charge is 0.309 e. The quantitative estimate of drug-likeness (QED) is 0.540. The number of carbonyl (C=O) groups is 1. The molecule has 0 aliphatic carbocycles. The fourth-order valence-electron chi connectivity index (χ4n) is 3.27. The molecule has 10 heteroatoms. The second-order valence-electron chi connectivity index (χ2n) is 6.82. The first-order valence-corrected chi connectivity index (χ1v) is 9.22. The molecule has 0 bridgehead atoms. The minimum atomic E-state index is -4.60. The highest BCUT2D eigenvalue weighted by Crippen LogP contribution is 2.34. The van der Waals surface area contributed by atoms with E-state index in [4.69, 9.17) is 0 Å². The number of carbonyl (C=O) groups excluding carboxylic acids is 1. The highest BCUT2D eigenvalue weighted by Gasteiger charge is 2.34. The van der Waals surface area contributed by atoms with E-state index in [-0.39, 0.29) is 18.1 Å². The van der Waals surface area contributed by atoms with Gasteiger partial charge in [0.15, 0.2) is 0 Å². The molecule has 31 heavy (non-hydrogen) atoms. The van der Waals surface area contributed by atoms with Gasteiger partial charge < -0.3 is 5.32 Å². The maximum atomic E-state index is 13.4. The summed E-state index contributed by atoms with van der Waals surface area (Å²) in [6.45, 7) is 1.26. The molecule has 0 unspecified atom stereocenters. The minimum absolute atomic E-state index is 0.0608. The van der Waals surface area contributed by atoms with Crippen LogP contribution in [0.5, 0.6) is 0 Å². The predicted octanol–water partition coefficient (Wildman–Crippen LogP) is 3.55. The highest BCUT2D eigenvalue weighted by atomic mass is 19.4. The topological polar surface area (TPSA) is 81.8 Å². The minimum Gasteiger partial charge on any atom is -0.309 e. The molecule has 158 valence electrons. The van der Waals surface area contributed by atoms with Crippen molar-refractivity contribution in [1.82, 2.24) is 19.3 Å². The third-order valence-corrected chi connectivity index (χ3v) is 4.59. The average molecular weight is 427 g/mol. The summed E-state index contributed by atoms with van der Waals surface area (Å²) in [5, 5.41) is 6.67. The van der Waals surface area contributed by atoms with Gasteiger partial charge in [-0.15, -0.1) is 0 Å². The van der Waals surface area contributed by atoms with E-state index in [1.807, 2.05) is 0 Å². The van der Waals surface area contributed by atoms with Crippen molar-refractivity contribution in [3.63, 3.8) is 0 Å². The predicted molar refractivity (Wildman–Crippen MR) is 108 cm³/mol. The first kappa shape index (κ1) is 20.3. The molecule has 0 aliphatic heterocycles. The molecular weight excluding hydrogens is 411 g/mol. The summed E-state index contributed by atoms with van der Waals surface area (Å²) in [5.41, 5.74) is -0.151. The van der Waals surface area contributed by atoms with Crippen LogP contribution in [0.1, 0.15) is 11.3 Å². The van der Waals surface area contributed by atoms with Gasteiger partial charge in [-0.3, -0.25) is 14.2 Å². The standard InChI is InChI=1S/C21H16F3N5O2/c1-13-10-18(29(27-13)16-8-4-2-6-14(16)21(22,23)24)26-19(30)12-28-17-9-5-3-7-15(17)25-11-20(28)31/h2-11H,12H2,1H3,(H,26,30). The maximum absolute atomic E-state index is 13.4. The Balaban J connectivity index is 1.68. The zero-order valence-corrected chi connectivity index (χ0v) is 16.2. The van der Waals surface area contributed by atoms with Gasteiger partial charge in [-0.2, -0.15) is 18.3 Å². The van der Waals surface area contributed by atoms with Crippen molar-refractivity contribution in [2.24, 2.45) is 0 Å². The van der Waals surface area contributed by atoms with Crippen LogP contribution in [0.3, 0.4) is 0 Å². The third-order valence-electron chi connectivity index (χ3n) is 4.59. The molecule has 0 saturated heterocycles. The Kier molecular flexibility index (Phi) is 5.05. The van der Waals surface area contributed by atoms with Crippen LogP contribution in [0.15, 0.2) is 65.6 Å². The fourth-order valence-corrected chi connectivity index (χ4v) is 3.27. The van der Waals surface area contributed by atoms with Gasteiger partial charge in [0.1, 0.15) is 12.4 Å². The molecule has 0 aliphatic rings. The van der Waals surface area contributed by atoms with Crippen molar-refractivity contribution in [3.8, 4) is 5.69 Å². The van der Waals surface area contributed by atoms with Crippen molar-refractivity contribution < 1.29 is 18.0 Å². The zero-order valence-electron chi connectivity index (χ0n) is 16.2. The maximum Gasteiger partial charge on any atom is 0.418 e. The summed E-state index contributed by atoms with van der Waals surface area (Å²) in [7, 11) is 0. The molecule has 0 spiro atoms. The van der Waals surface area contributed by atoms with Crippen LogP contribution >= 0.6 is 0 Å². The van der Waals surface area contributed by atoms with E-state index in [1.54, 1.807) is 31.2 Å². The molecule has 2 aromatic heterocycles. The molecule has 0 atom stereocenters. The number of halogens is 3. The van der Waals surface area contributed by atoms with Crippen LogP contribution in [-0.2, 0) is 17.5 Å². The van der Waals surface area contributed by atoms with E-state index < -0.39 is 23.2 Å². The summed E-state index contributed by atoms with van der Waals surface area (Å²) >= 11 is 0. The van der Waals surface area contributed by atoms with Crippen LogP contribution in [0, 0.1) is 6.92 Å². The van der Waals surface area contributed by atoms with Crippen LogP contribution < -0.4 is 10.9 Å². The number of hydrogen-bond donors (Lipinski definition) is 1. The van der Waals surface area contributed by atoms with Crippen molar-refractivity contribution in [2.45, 2.75) is 19.6 Å². The van der Waals surface area contributed by atoms with Gasteiger partial charge in [0, 0.05) is 6.07 Å². The summed E-state index contributed by atoms with van der Waals surface area (Å²) in [6.07, 6.45) is -3.48. The van der Waals surface area contributed by atoms with Gasteiger partial charge in [0.25, 0.3) is 5.56 Å². The number of aromatic nitrogens is 4. The van der Waals surface area contributed by atoms with Crippen LogP contribution in [0.4, 0.5) is 19.0 Å². The Morgan fingerprint density at radius 1 is 1.10 bits per heavy atom. The van der Waals surface area contributed by atoms with E-state index in [0.717, 1.165) is 16.9 Å². The summed E-state index contributed by atoms with van der Waals surface area (Å²) in [4.78, 5) is 29.0. The number of anilines is 1. The molecule has 1 N–H and O–H groups in total. The Hall–Kier alpha value is -3.95. The number of aryl methyl sites for hydroxylation is 1. The molecule has 4 rings (SSSR count). The van der Waals surface area contributed by atoms with E-state index in [9.17, 15) is 22.8 Å². The number of nitrogens with one attached hydrogen (secondary N) is 1. The van der Waals surface area contributed by atoms with E-state index in [1.165, 1.54) is 28.8 Å². The number of nitrogens with zero attached hydrogens (tertiary/aromatic N) is 4. The molecule has 2 heterocycles. The molecule has 0 radical (unpaired) electrons. The number of hydrogen-bond acceptors (Lipinski definition) is 4. The van der Waals surface area contributed by atoms with Crippen molar-refractivity contribution in [1.29, 1.82) is 0 Å². The molecule has 2 aromatic carbocycles. The summed E-state index contributed by atoms with van der Waals surface area (Å²) in [5.74, 6) is -0.533. The van der Waals surface area contributed by atoms with Crippen molar-refractivity contribution in [2.75, 3.05) is 5.32 Å². The monoisotopic (exact) mass is 427 g/mol. The number of amides is 1. The first-order chi connectivity index (χ1) is 14.7. The molecule has 7 nitrogen and oxygen atoms in total. The molecule has 0 saturated carbocycles. The van der Waals surface area contributed by atoms with E-state index >= 15 is 0 Å². The summed E-state index contributed by atoms with van der Waals surface area (Å²) < 4.78 is 42.6. The lowest BCUT2D eigenvalue weighted by Crippen LogP contribution is -2.28. The van der Waals surface area contributed by atoms with E-state index in [2.05, 4.69) is 15.4 Å². The number of fused-ring (bicyclic) bond motifs is 1. The fraction of sp³-hybridized carbons (Fsp3) is 0.143. The lowest BCUT2D eigenvalue weighted by Gasteiger charge is -2.15. The lowest BCUT2D eigenvalue weighted by atomic mass is 10.1. The van der Waals surface area contributed by atoms with Crippen molar-refractivity contribution in [3.05, 3.63) is 82.4 Å². The Morgan fingerprint density at radius 3 is 2.58 bits per heavy atom. The number of para-hydroxylation sites is 3. The first-order valence-electron chi connectivity index (χ1n) is 9.22. The molecular formula is C21H16F3N5O2. The van der Waals surface area contributed by atoms with Crippen LogP contribution in [0.2, 0.25) is 0 Å². The van der Waals surface area contributed by atoms with Gasteiger partial charge in [-0.05, 0) is 31.2 Å². The zero-order chi connectivity index (χ0) is 22.2. The van der Waals surface area contributed by atoms with Gasteiger partial charge in [0.05, 0.1) is 34.2 Å². The number of rotatable bonds is 4. The lowest BCUT2D eigenvalue weighted by molar-refractivity contribution is -0.137. The Bertz CT molecular complexity index is 1340. The molecule has 4 aromatic rings. The highest BCUT2D eigenvalue weighted by molar-refractivity contribution is 5.91.